The van der Waals surface area contributed by atoms with Crippen LogP contribution in [0.4, 0.5) is 43.9 Å². The maximum atomic E-state index is 14.9. The van der Waals surface area contributed by atoms with Crippen LogP contribution >= 0.6 is 0 Å². The first-order valence-corrected chi connectivity index (χ1v) is 11.9. The fourth-order valence-corrected chi connectivity index (χ4v) is 5.93. The van der Waals surface area contributed by atoms with Crippen LogP contribution in [-0.2, 0) is 38.1 Å². The van der Waals surface area contributed by atoms with Crippen LogP contribution in [0.25, 0.3) is 0 Å². The molecule has 0 N–H and O–H groups in total. The highest BCUT2D eigenvalue weighted by molar-refractivity contribution is 5.98. The number of esters is 4. The van der Waals surface area contributed by atoms with Crippen molar-refractivity contribution in [1.29, 1.82) is 0 Å². The highest BCUT2D eigenvalue weighted by Gasteiger charge is 2.67. The lowest BCUT2D eigenvalue weighted by molar-refractivity contribution is -0.244. The standard InChI is InChI=1S/C22H18F10O8/c23-5-1-3(21(35)39-19(1)33)7(25)15(9(5)27)37-17-11(29)13(31)18(14(32)12(17)30)38-16-8(26)4-2(6(24)10(16)28)20(34)40-22(4)36/h1-18H. The maximum Gasteiger partial charge on any atom is 0.320 e. The molecule has 2 heterocycles. The molecular formula is C22H18F10O8. The van der Waals surface area contributed by atoms with Crippen LogP contribution in [-0.4, -0.2) is 110 Å². The quantitative estimate of drug-likeness (QED) is 0.272. The normalized spacial score (nSPS) is 54.5. The Labute approximate surface area is 216 Å². The summed E-state index contributed by atoms with van der Waals surface area (Å²) in [7, 11) is 0. The van der Waals surface area contributed by atoms with Crippen molar-refractivity contribution in [3.63, 3.8) is 0 Å². The zero-order valence-corrected chi connectivity index (χ0v) is 19.4. The largest absolute Gasteiger partial charge is 0.393 e. The number of halogens is 10. The molecule has 5 aliphatic rings. The molecule has 3 aliphatic carbocycles. The first-order chi connectivity index (χ1) is 18.7. The van der Waals surface area contributed by atoms with Gasteiger partial charge in [-0.15, -0.1) is 0 Å². The predicted molar refractivity (Wildman–Crippen MR) is 102 cm³/mol. The van der Waals surface area contributed by atoms with E-state index in [1.807, 2.05) is 0 Å². The van der Waals surface area contributed by atoms with Crippen LogP contribution in [0, 0.1) is 23.7 Å². The number of alkyl halides is 10. The van der Waals surface area contributed by atoms with Gasteiger partial charge in [0.05, 0.1) is 0 Å². The molecular weight excluding hydrogens is 582 g/mol. The van der Waals surface area contributed by atoms with Gasteiger partial charge in [-0.2, -0.15) is 0 Å². The van der Waals surface area contributed by atoms with Crippen LogP contribution in [0.1, 0.15) is 0 Å². The van der Waals surface area contributed by atoms with E-state index in [1.54, 1.807) is 0 Å². The Bertz CT molecular complexity index is 986. The number of hydrogen-bond donors (Lipinski definition) is 0. The number of ether oxygens (including phenoxy) is 4. The molecule has 0 amide bonds. The van der Waals surface area contributed by atoms with Crippen LogP contribution in [0.15, 0.2) is 0 Å². The van der Waals surface area contributed by atoms with Gasteiger partial charge in [0.1, 0.15) is 72.8 Å². The molecule has 0 aromatic carbocycles. The first kappa shape index (κ1) is 29.0. The van der Waals surface area contributed by atoms with Crippen molar-refractivity contribution in [2.24, 2.45) is 23.7 Å². The van der Waals surface area contributed by atoms with Gasteiger partial charge in [-0.05, 0) is 0 Å². The van der Waals surface area contributed by atoms with Crippen LogP contribution < -0.4 is 0 Å². The molecule has 0 aromatic heterocycles. The number of fused-ring (bicyclic) bond motifs is 2. The Balaban J connectivity index is 1.33. The average molecular weight is 600 g/mol. The number of carbonyl (C=O) groups is 4. The van der Waals surface area contributed by atoms with E-state index in [0.717, 1.165) is 0 Å². The summed E-state index contributed by atoms with van der Waals surface area (Å²) in [6.07, 6.45) is -43.3. The summed E-state index contributed by atoms with van der Waals surface area (Å²) < 4.78 is 165. The van der Waals surface area contributed by atoms with E-state index in [0.29, 0.717) is 0 Å². The van der Waals surface area contributed by atoms with E-state index < -0.39 is 134 Å². The summed E-state index contributed by atoms with van der Waals surface area (Å²) >= 11 is 0. The van der Waals surface area contributed by atoms with Crippen molar-refractivity contribution >= 4 is 23.9 Å². The van der Waals surface area contributed by atoms with Gasteiger partial charge < -0.3 is 18.9 Å². The molecule has 0 radical (unpaired) electrons. The molecule has 40 heavy (non-hydrogen) atoms. The Morgan fingerprint density at radius 2 is 0.550 bits per heavy atom. The van der Waals surface area contributed by atoms with Crippen molar-refractivity contribution in [3.8, 4) is 0 Å². The van der Waals surface area contributed by atoms with E-state index in [2.05, 4.69) is 18.9 Å². The number of rotatable bonds is 4. The van der Waals surface area contributed by atoms with Gasteiger partial charge in [-0.3, -0.25) is 19.2 Å². The molecule has 0 bridgehead atoms. The minimum atomic E-state index is -3.38. The first-order valence-electron chi connectivity index (χ1n) is 11.9. The fraction of sp³-hybridized carbons (Fsp3) is 0.818. The summed E-state index contributed by atoms with van der Waals surface area (Å²) in [4.78, 5) is 46.6. The molecule has 5 fully saturated rings. The molecule has 2 aliphatic heterocycles. The summed E-state index contributed by atoms with van der Waals surface area (Å²) in [6.45, 7) is 0. The summed E-state index contributed by atoms with van der Waals surface area (Å²) in [6, 6.07) is 0. The summed E-state index contributed by atoms with van der Waals surface area (Å²) in [5.41, 5.74) is 0. The fourth-order valence-electron chi connectivity index (χ4n) is 5.93. The van der Waals surface area contributed by atoms with Crippen molar-refractivity contribution < 1.29 is 82.0 Å². The van der Waals surface area contributed by atoms with E-state index in [9.17, 15) is 63.1 Å². The zero-order chi connectivity index (χ0) is 29.5. The number of cyclic esters (lactones) is 4. The van der Waals surface area contributed by atoms with Gasteiger partial charge in [0.2, 0.25) is 0 Å². The lowest BCUT2D eigenvalue weighted by Crippen LogP contribution is -2.65. The van der Waals surface area contributed by atoms with Crippen molar-refractivity contribution in [2.75, 3.05) is 0 Å². The lowest BCUT2D eigenvalue weighted by Gasteiger charge is -2.45. The Hall–Kier alpha value is -2.50. The summed E-state index contributed by atoms with van der Waals surface area (Å²) in [5, 5.41) is 0. The van der Waals surface area contributed by atoms with Gasteiger partial charge in [0, 0.05) is 0 Å². The van der Waals surface area contributed by atoms with Gasteiger partial charge in [0.15, 0.2) is 37.0 Å². The minimum absolute atomic E-state index is 1.60. The van der Waals surface area contributed by atoms with E-state index in [4.69, 9.17) is 0 Å². The molecule has 0 spiro atoms. The molecule has 3 saturated carbocycles. The number of hydrogen-bond acceptors (Lipinski definition) is 8. The van der Waals surface area contributed by atoms with Crippen LogP contribution in [0.3, 0.4) is 0 Å². The second kappa shape index (κ2) is 10.1. The predicted octanol–water partition coefficient (Wildman–Crippen LogP) is 1.55. The van der Waals surface area contributed by atoms with E-state index in [1.165, 1.54) is 0 Å². The Morgan fingerprint density at radius 3 is 0.825 bits per heavy atom. The zero-order valence-electron chi connectivity index (χ0n) is 19.4. The lowest BCUT2D eigenvalue weighted by atomic mass is 9.75. The minimum Gasteiger partial charge on any atom is -0.393 e. The van der Waals surface area contributed by atoms with E-state index in [-0.39, 0.29) is 0 Å². The highest BCUT2D eigenvalue weighted by Crippen LogP contribution is 2.47. The Morgan fingerprint density at radius 1 is 0.350 bits per heavy atom. The van der Waals surface area contributed by atoms with Crippen molar-refractivity contribution in [1.82, 2.24) is 0 Å². The smallest absolute Gasteiger partial charge is 0.320 e. The topological polar surface area (TPSA) is 105 Å². The third-order valence-corrected chi connectivity index (χ3v) is 7.99. The highest BCUT2D eigenvalue weighted by atomic mass is 19.2. The molecule has 224 valence electrons. The number of carbonyl (C=O) groups excluding carboxylic acids is 4. The maximum absolute atomic E-state index is 14.9. The van der Waals surface area contributed by atoms with Gasteiger partial charge in [-0.25, -0.2) is 43.9 Å². The molecule has 16 unspecified atom stereocenters. The molecule has 16 atom stereocenters. The van der Waals surface area contributed by atoms with Gasteiger partial charge in [-0.1, -0.05) is 0 Å². The molecule has 5 rings (SSSR count). The van der Waals surface area contributed by atoms with E-state index >= 15 is 0 Å². The average Bonchev–Trinajstić information content (AvgIpc) is 3.37. The SMILES string of the molecule is O=C1OC(=O)C2C(F)C(OC3C(F)C(F)C(OC4C(F)C(F)C5C(=O)OC(=O)C5C4F)C(F)C3F)C(F)C(F)C12. The van der Waals surface area contributed by atoms with Crippen molar-refractivity contribution in [2.45, 2.75) is 86.1 Å². The second-order valence-electron chi connectivity index (χ2n) is 10.2. The third-order valence-electron chi connectivity index (χ3n) is 7.99. The Kier molecular flexibility index (Phi) is 7.32. The van der Waals surface area contributed by atoms with Crippen LogP contribution in [0.5, 0.6) is 0 Å². The van der Waals surface area contributed by atoms with Gasteiger partial charge >= 0.3 is 23.9 Å². The molecule has 2 saturated heterocycles. The monoisotopic (exact) mass is 600 g/mol. The molecule has 0 aromatic rings. The molecule has 8 nitrogen and oxygen atoms in total. The van der Waals surface area contributed by atoms with Gasteiger partial charge in [0.25, 0.3) is 0 Å². The second-order valence-corrected chi connectivity index (χ2v) is 10.2. The summed E-state index contributed by atoms with van der Waals surface area (Å²) in [5.74, 6) is -15.5. The van der Waals surface area contributed by atoms with Crippen molar-refractivity contribution in [3.05, 3.63) is 0 Å². The van der Waals surface area contributed by atoms with Crippen LogP contribution in [0.2, 0.25) is 0 Å². The third kappa shape index (κ3) is 4.10. The molecule has 18 heteroatoms.